The molecule has 0 spiro atoms. The molecule has 0 atom stereocenters. The Morgan fingerprint density at radius 2 is 1.73 bits per heavy atom. The van der Waals surface area contributed by atoms with E-state index in [9.17, 15) is 0 Å². The second kappa shape index (κ2) is 8.79. The molecular weight excluding hydrogens is 378 g/mol. The Kier molecular flexibility index (Phi) is 5.76. The van der Waals surface area contributed by atoms with Crippen LogP contribution in [0.25, 0.3) is 22.6 Å². The van der Waals surface area contributed by atoms with Crippen molar-refractivity contribution in [2.24, 2.45) is 0 Å². The van der Waals surface area contributed by atoms with Gasteiger partial charge in [-0.15, -0.1) is 5.10 Å². The third-order valence-corrected chi connectivity index (χ3v) is 4.69. The van der Waals surface area contributed by atoms with Crippen LogP contribution in [0.3, 0.4) is 0 Å². The van der Waals surface area contributed by atoms with Crippen molar-refractivity contribution in [1.29, 1.82) is 0 Å². The summed E-state index contributed by atoms with van der Waals surface area (Å²) in [7, 11) is 1.67. The van der Waals surface area contributed by atoms with Crippen molar-refractivity contribution in [2.75, 3.05) is 12.8 Å². The maximum Gasteiger partial charge on any atom is 0.221 e. The van der Waals surface area contributed by atoms with Crippen molar-refractivity contribution in [2.45, 2.75) is 26.5 Å². The summed E-state index contributed by atoms with van der Waals surface area (Å²) in [5, 5.41) is 8.50. The van der Waals surface area contributed by atoms with Gasteiger partial charge in [-0.3, -0.25) is 4.98 Å². The normalized spacial score (nSPS) is 11.0. The van der Waals surface area contributed by atoms with Gasteiger partial charge in [-0.05, 0) is 30.2 Å². The molecule has 0 aliphatic rings. The van der Waals surface area contributed by atoms with Crippen molar-refractivity contribution in [3.8, 4) is 22.6 Å². The summed E-state index contributed by atoms with van der Waals surface area (Å²) in [6.45, 7) is 3.10. The summed E-state index contributed by atoms with van der Waals surface area (Å²) in [6, 6.07) is 15.8. The highest BCUT2D eigenvalue weighted by Gasteiger charge is 2.13. The molecule has 3 aromatic heterocycles. The molecule has 0 aliphatic carbocycles. The van der Waals surface area contributed by atoms with Crippen LogP contribution in [-0.2, 0) is 24.3 Å². The van der Waals surface area contributed by atoms with E-state index in [2.05, 4.69) is 32.2 Å². The average Bonchev–Trinajstić information content (AvgIpc) is 3.22. The molecule has 0 bridgehead atoms. The molecule has 4 aromatic rings. The lowest BCUT2D eigenvalue weighted by atomic mass is 10.0. The minimum Gasteiger partial charge on any atom is -0.380 e. The first-order valence-electron chi connectivity index (χ1n) is 9.73. The van der Waals surface area contributed by atoms with Gasteiger partial charge < -0.3 is 10.5 Å². The standard InChI is InChI=1S/C22H23N7O/c1-3-16-8-6-9-17(24-16)12-29-13-21(27-28-29)20-11-19(25-22(23)26-20)18-10-5-4-7-15(18)14-30-2/h4-11,13H,3,12,14H2,1-2H3,(H2,23,25,26). The number of hydrogen-bond donors (Lipinski definition) is 1. The van der Waals surface area contributed by atoms with Crippen molar-refractivity contribution < 1.29 is 4.74 Å². The van der Waals surface area contributed by atoms with Gasteiger partial charge in [0.2, 0.25) is 5.95 Å². The van der Waals surface area contributed by atoms with Crippen LogP contribution in [0.2, 0.25) is 0 Å². The predicted molar refractivity (Wildman–Crippen MR) is 114 cm³/mol. The largest absolute Gasteiger partial charge is 0.380 e. The Hall–Kier alpha value is -3.65. The third kappa shape index (κ3) is 4.33. The van der Waals surface area contributed by atoms with E-state index in [0.29, 0.717) is 24.5 Å². The lowest BCUT2D eigenvalue weighted by Crippen LogP contribution is -2.03. The number of benzene rings is 1. The van der Waals surface area contributed by atoms with Crippen LogP contribution >= 0.6 is 0 Å². The second-order valence-corrected chi connectivity index (χ2v) is 6.86. The monoisotopic (exact) mass is 401 g/mol. The molecule has 0 saturated heterocycles. The van der Waals surface area contributed by atoms with Gasteiger partial charge in [0, 0.05) is 18.4 Å². The van der Waals surface area contributed by atoms with E-state index in [-0.39, 0.29) is 5.95 Å². The number of aromatic nitrogens is 6. The molecule has 3 heterocycles. The van der Waals surface area contributed by atoms with E-state index >= 15 is 0 Å². The first-order chi connectivity index (χ1) is 14.7. The molecular formula is C22H23N7O. The molecule has 2 N–H and O–H groups in total. The zero-order valence-electron chi connectivity index (χ0n) is 17.0. The summed E-state index contributed by atoms with van der Waals surface area (Å²) >= 11 is 0. The Labute approximate surface area is 174 Å². The molecule has 30 heavy (non-hydrogen) atoms. The van der Waals surface area contributed by atoms with Gasteiger partial charge in [-0.2, -0.15) is 0 Å². The maximum atomic E-state index is 6.00. The summed E-state index contributed by atoms with van der Waals surface area (Å²) < 4.78 is 7.05. The molecule has 0 amide bonds. The summed E-state index contributed by atoms with van der Waals surface area (Å²) in [4.78, 5) is 13.4. The van der Waals surface area contributed by atoms with E-state index in [1.54, 1.807) is 11.8 Å². The minimum atomic E-state index is 0.182. The van der Waals surface area contributed by atoms with E-state index in [4.69, 9.17) is 10.5 Å². The number of anilines is 1. The number of ether oxygens (including phenoxy) is 1. The highest BCUT2D eigenvalue weighted by molar-refractivity contribution is 5.69. The number of nitrogens with two attached hydrogens (primary N) is 1. The Morgan fingerprint density at radius 3 is 2.57 bits per heavy atom. The zero-order chi connectivity index (χ0) is 20.9. The Morgan fingerprint density at radius 1 is 0.933 bits per heavy atom. The van der Waals surface area contributed by atoms with Crippen molar-refractivity contribution in [3.63, 3.8) is 0 Å². The van der Waals surface area contributed by atoms with E-state index in [1.165, 1.54) is 0 Å². The van der Waals surface area contributed by atoms with Gasteiger partial charge in [-0.25, -0.2) is 14.6 Å². The molecule has 0 saturated carbocycles. The van der Waals surface area contributed by atoms with Gasteiger partial charge in [-0.1, -0.05) is 42.5 Å². The average molecular weight is 401 g/mol. The van der Waals surface area contributed by atoms with Crippen molar-refractivity contribution in [3.05, 3.63) is 71.7 Å². The van der Waals surface area contributed by atoms with E-state index in [1.807, 2.05) is 54.7 Å². The van der Waals surface area contributed by atoms with E-state index in [0.717, 1.165) is 34.6 Å². The van der Waals surface area contributed by atoms with Crippen LogP contribution in [0.4, 0.5) is 5.95 Å². The van der Waals surface area contributed by atoms with Crippen LogP contribution in [0, 0.1) is 0 Å². The van der Waals surface area contributed by atoms with Gasteiger partial charge >= 0.3 is 0 Å². The van der Waals surface area contributed by atoms with E-state index < -0.39 is 0 Å². The fraction of sp³-hybridized carbons (Fsp3) is 0.227. The Bertz CT molecular complexity index is 1160. The van der Waals surface area contributed by atoms with Crippen LogP contribution in [0.1, 0.15) is 23.9 Å². The third-order valence-electron chi connectivity index (χ3n) is 4.69. The quantitative estimate of drug-likeness (QED) is 0.507. The first kappa shape index (κ1) is 19.7. The highest BCUT2D eigenvalue weighted by Crippen LogP contribution is 2.26. The van der Waals surface area contributed by atoms with Gasteiger partial charge in [0.25, 0.3) is 0 Å². The molecule has 4 rings (SSSR count). The number of pyridine rings is 1. The van der Waals surface area contributed by atoms with Gasteiger partial charge in [0.1, 0.15) is 5.69 Å². The first-order valence-corrected chi connectivity index (χ1v) is 9.73. The smallest absolute Gasteiger partial charge is 0.221 e. The number of nitrogen functional groups attached to an aromatic ring is 1. The van der Waals surface area contributed by atoms with Crippen molar-refractivity contribution in [1.82, 2.24) is 29.9 Å². The molecule has 1 aromatic carbocycles. The Balaban J connectivity index is 1.64. The molecule has 8 nitrogen and oxygen atoms in total. The molecule has 0 aliphatic heterocycles. The molecule has 0 fully saturated rings. The summed E-state index contributed by atoms with van der Waals surface area (Å²) in [5.41, 5.74) is 11.9. The SMILES string of the molecule is CCc1cccc(Cn2cc(-c3cc(-c4ccccc4COC)nc(N)n3)nn2)n1. The summed E-state index contributed by atoms with van der Waals surface area (Å²) in [6.07, 6.45) is 2.73. The number of rotatable bonds is 7. The maximum absolute atomic E-state index is 6.00. The van der Waals surface area contributed by atoms with Crippen LogP contribution in [0.5, 0.6) is 0 Å². The van der Waals surface area contributed by atoms with Crippen LogP contribution in [-0.4, -0.2) is 37.1 Å². The number of aryl methyl sites for hydroxylation is 1. The number of hydrogen-bond acceptors (Lipinski definition) is 7. The molecule has 152 valence electrons. The lowest BCUT2D eigenvalue weighted by Gasteiger charge is -2.09. The van der Waals surface area contributed by atoms with Crippen LogP contribution in [0.15, 0.2) is 54.7 Å². The van der Waals surface area contributed by atoms with Crippen LogP contribution < -0.4 is 5.73 Å². The van der Waals surface area contributed by atoms with Gasteiger partial charge in [0.05, 0.1) is 36.4 Å². The predicted octanol–water partition coefficient (Wildman–Crippen LogP) is 3.14. The molecule has 8 heteroatoms. The van der Waals surface area contributed by atoms with Gasteiger partial charge in [0.15, 0.2) is 0 Å². The topological polar surface area (TPSA) is 105 Å². The number of methoxy groups -OCH3 is 1. The van der Waals surface area contributed by atoms with Crippen molar-refractivity contribution >= 4 is 5.95 Å². The number of nitrogens with zero attached hydrogens (tertiary/aromatic N) is 6. The zero-order valence-corrected chi connectivity index (χ0v) is 17.0. The lowest BCUT2D eigenvalue weighted by molar-refractivity contribution is 0.185. The minimum absolute atomic E-state index is 0.182. The fourth-order valence-corrected chi connectivity index (χ4v) is 3.26. The molecule has 0 unspecified atom stereocenters. The molecule has 0 radical (unpaired) electrons. The highest BCUT2D eigenvalue weighted by atomic mass is 16.5. The summed E-state index contributed by atoms with van der Waals surface area (Å²) in [5.74, 6) is 0.182. The second-order valence-electron chi connectivity index (χ2n) is 6.86. The fourth-order valence-electron chi connectivity index (χ4n) is 3.26.